The number of hydrogen-bond donors (Lipinski definition) is 2. The molecule has 100 valence electrons. The number of ether oxygens (including phenoxy) is 1. The Bertz CT molecular complexity index is 509. The predicted octanol–water partition coefficient (Wildman–Crippen LogP) is 2.86. The number of carbonyl (C=O) groups is 1. The van der Waals surface area contributed by atoms with E-state index in [4.69, 9.17) is 4.74 Å². The smallest absolute Gasteiger partial charge is 0.223 e. The Balaban J connectivity index is 1.65. The van der Waals surface area contributed by atoms with Crippen molar-refractivity contribution < 1.29 is 9.53 Å². The van der Waals surface area contributed by atoms with E-state index in [-0.39, 0.29) is 5.91 Å². The molecular formula is C14H15BrN2O2. The molecule has 0 bridgehead atoms. The van der Waals surface area contributed by atoms with Crippen molar-refractivity contribution in [3.63, 3.8) is 0 Å². The zero-order chi connectivity index (χ0) is 13.5. The third-order valence-electron chi connectivity index (χ3n) is 2.56. The molecule has 0 aliphatic carbocycles. The van der Waals surface area contributed by atoms with E-state index in [9.17, 15) is 4.79 Å². The molecule has 0 saturated heterocycles. The summed E-state index contributed by atoms with van der Waals surface area (Å²) in [4.78, 5) is 14.5. The van der Waals surface area contributed by atoms with Crippen LogP contribution in [0.1, 0.15) is 12.0 Å². The van der Waals surface area contributed by atoms with Crippen molar-refractivity contribution >= 4 is 21.8 Å². The molecule has 0 atom stereocenters. The standard InChI is InChI=1S/C14H15BrN2O2/c15-12-1-3-13(4-2-12)19-8-6-14(18)17-10-11-5-7-16-9-11/h1-5,7,9,16H,6,8,10H2,(H,17,18). The van der Waals surface area contributed by atoms with Crippen LogP contribution in [0.2, 0.25) is 0 Å². The largest absolute Gasteiger partial charge is 0.493 e. The molecule has 5 heteroatoms. The van der Waals surface area contributed by atoms with Gasteiger partial charge in [0.2, 0.25) is 5.91 Å². The second-order valence-corrected chi connectivity index (χ2v) is 4.96. The minimum absolute atomic E-state index is 0.0155. The van der Waals surface area contributed by atoms with Gasteiger partial charge < -0.3 is 15.0 Å². The first-order valence-electron chi connectivity index (χ1n) is 6.01. The first kappa shape index (κ1) is 13.7. The summed E-state index contributed by atoms with van der Waals surface area (Å²) in [7, 11) is 0. The van der Waals surface area contributed by atoms with Gasteiger partial charge >= 0.3 is 0 Å². The van der Waals surface area contributed by atoms with Crippen molar-refractivity contribution in [3.8, 4) is 5.75 Å². The molecule has 0 aliphatic rings. The zero-order valence-electron chi connectivity index (χ0n) is 10.4. The number of aromatic amines is 1. The molecule has 1 aromatic carbocycles. The summed E-state index contributed by atoms with van der Waals surface area (Å²) < 4.78 is 6.48. The SMILES string of the molecule is O=C(CCOc1ccc(Br)cc1)NCc1cc[nH]c1. The Morgan fingerprint density at radius 2 is 2.05 bits per heavy atom. The minimum atomic E-state index is -0.0155. The van der Waals surface area contributed by atoms with Gasteiger partial charge in [-0.05, 0) is 35.9 Å². The summed E-state index contributed by atoms with van der Waals surface area (Å²) in [6.45, 7) is 0.918. The highest BCUT2D eigenvalue weighted by molar-refractivity contribution is 9.10. The highest BCUT2D eigenvalue weighted by Gasteiger charge is 2.02. The number of hydrogen-bond acceptors (Lipinski definition) is 2. The second-order valence-electron chi connectivity index (χ2n) is 4.05. The summed E-state index contributed by atoms with van der Waals surface area (Å²) in [5, 5.41) is 2.83. The van der Waals surface area contributed by atoms with Crippen LogP contribution in [0.4, 0.5) is 0 Å². The predicted molar refractivity (Wildman–Crippen MR) is 76.9 cm³/mol. The van der Waals surface area contributed by atoms with Gasteiger partial charge in [-0.15, -0.1) is 0 Å². The van der Waals surface area contributed by atoms with Crippen molar-refractivity contribution in [2.75, 3.05) is 6.61 Å². The molecule has 2 rings (SSSR count). The number of benzene rings is 1. The quantitative estimate of drug-likeness (QED) is 0.859. The van der Waals surface area contributed by atoms with E-state index in [1.165, 1.54) is 0 Å². The first-order chi connectivity index (χ1) is 9.24. The van der Waals surface area contributed by atoms with Gasteiger partial charge in [0.15, 0.2) is 0 Å². The van der Waals surface area contributed by atoms with E-state index in [0.717, 1.165) is 15.8 Å². The van der Waals surface area contributed by atoms with Gasteiger partial charge in [0.1, 0.15) is 5.75 Å². The van der Waals surface area contributed by atoms with Gasteiger partial charge in [-0.25, -0.2) is 0 Å². The molecule has 19 heavy (non-hydrogen) atoms. The number of nitrogens with one attached hydrogen (secondary N) is 2. The second kappa shape index (κ2) is 6.99. The number of amides is 1. The van der Waals surface area contributed by atoms with E-state index >= 15 is 0 Å². The minimum Gasteiger partial charge on any atom is -0.493 e. The molecule has 0 aliphatic heterocycles. The van der Waals surface area contributed by atoms with Crippen LogP contribution in [0.15, 0.2) is 47.2 Å². The molecule has 2 aromatic rings. The van der Waals surface area contributed by atoms with Gasteiger partial charge in [-0.1, -0.05) is 15.9 Å². The molecule has 1 amide bonds. The first-order valence-corrected chi connectivity index (χ1v) is 6.80. The van der Waals surface area contributed by atoms with Gasteiger partial charge in [0.25, 0.3) is 0 Å². The maximum absolute atomic E-state index is 11.6. The van der Waals surface area contributed by atoms with Gasteiger partial charge in [-0.3, -0.25) is 4.79 Å². The Hall–Kier alpha value is -1.75. The zero-order valence-corrected chi connectivity index (χ0v) is 11.9. The average molecular weight is 323 g/mol. The summed E-state index contributed by atoms with van der Waals surface area (Å²) >= 11 is 3.35. The highest BCUT2D eigenvalue weighted by atomic mass is 79.9. The molecule has 0 spiro atoms. The van der Waals surface area contributed by atoms with Crippen molar-refractivity contribution in [3.05, 3.63) is 52.8 Å². The molecule has 0 fully saturated rings. The van der Waals surface area contributed by atoms with Crippen molar-refractivity contribution in [1.29, 1.82) is 0 Å². The maximum Gasteiger partial charge on any atom is 0.223 e. The molecule has 0 saturated carbocycles. The summed E-state index contributed by atoms with van der Waals surface area (Å²) in [6, 6.07) is 9.46. The fourth-order valence-corrected chi connectivity index (χ4v) is 1.81. The van der Waals surface area contributed by atoms with Crippen LogP contribution in [0.3, 0.4) is 0 Å². The van der Waals surface area contributed by atoms with E-state index < -0.39 is 0 Å². The Kier molecular flexibility index (Phi) is 5.03. The lowest BCUT2D eigenvalue weighted by molar-refractivity contribution is -0.121. The fourth-order valence-electron chi connectivity index (χ4n) is 1.55. The average Bonchev–Trinajstić information content (AvgIpc) is 2.92. The topological polar surface area (TPSA) is 54.1 Å². The van der Waals surface area contributed by atoms with Crippen LogP contribution in [0.5, 0.6) is 5.75 Å². The van der Waals surface area contributed by atoms with E-state index in [2.05, 4.69) is 26.2 Å². The summed E-state index contributed by atoms with van der Waals surface area (Å²) in [6.07, 6.45) is 4.04. The fraction of sp³-hybridized carbons (Fsp3) is 0.214. The van der Waals surface area contributed by atoms with Crippen LogP contribution in [0, 0.1) is 0 Å². The Morgan fingerprint density at radius 3 is 2.74 bits per heavy atom. The number of H-pyrrole nitrogens is 1. The maximum atomic E-state index is 11.6. The lowest BCUT2D eigenvalue weighted by atomic mass is 10.3. The van der Waals surface area contributed by atoms with E-state index in [0.29, 0.717) is 19.6 Å². The van der Waals surface area contributed by atoms with E-state index in [1.54, 1.807) is 0 Å². The van der Waals surface area contributed by atoms with Crippen LogP contribution < -0.4 is 10.1 Å². The van der Waals surface area contributed by atoms with Crippen LogP contribution in [0.25, 0.3) is 0 Å². The van der Waals surface area contributed by atoms with Crippen molar-refractivity contribution in [2.24, 2.45) is 0 Å². The lowest BCUT2D eigenvalue weighted by Crippen LogP contribution is -2.24. The van der Waals surface area contributed by atoms with Crippen LogP contribution in [-0.4, -0.2) is 17.5 Å². The van der Waals surface area contributed by atoms with Gasteiger partial charge in [0.05, 0.1) is 13.0 Å². The molecule has 0 radical (unpaired) electrons. The van der Waals surface area contributed by atoms with Crippen LogP contribution in [-0.2, 0) is 11.3 Å². The number of rotatable bonds is 6. The number of halogens is 1. The summed E-state index contributed by atoms with van der Waals surface area (Å²) in [5.74, 6) is 0.750. The van der Waals surface area contributed by atoms with E-state index in [1.807, 2.05) is 42.7 Å². The Labute approximate surface area is 120 Å². The number of aromatic nitrogens is 1. The molecule has 2 N–H and O–H groups in total. The normalized spacial score (nSPS) is 10.2. The molecule has 4 nitrogen and oxygen atoms in total. The van der Waals surface area contributed by atoms with Crippen molar-refractivity contribution in [2.45, 2.75) is 13.0 Å². The van der Waals surface area contributed by atoms with Crippen LogP contribution >= 0.6 is 15.9 Å². The van der Waals surface area contributed by atoms with Crippen molar-refractivity contribution in [1.82, 2.24) is 10.3 Å². The highest BCUT2D eigenvalue weighted by Crippen LogP contribution is 2.16. The molecular weight excluding hydrogens is 308 g/mol. The van der Waals surface area contributed by atoms with Gasteiger partial charge in [-0.2, -0.15) is 0 Å². The molecule has 1 aromatic heterocycles. The van der Waals surface area contributed by atoms with Gasteiger partial charge in [0, 0.05) is 23.4 Å². The third-order valence-corrected chi connectivity index (χ3v) is 3.09. The molecule has 1 heterocycles. The lowest BCUT2D eigenvalue weighted by Gasteiger charge is -2.06. The third kappa shape index (κ3) is 4.79. The Morgan fingerprint density at radius 1 is 1.26 bits per heavy atom. The monoisotopic (exact) mass is 322 g/mol. The summed E-state index contributed by atoms with van der Waals surface area (Å²) in [5.41, 5.74) is 1.06. The number of carbonyl (C=O) groups excluding carboxylic acids is 1. The molecule has 0 unspecified atom stereocenters.